The van der Waals surface area contributed by atoms with E-state index >= 15 is 0 Å². The fraction of sp³-hybridized carbons (Fsp3) is 1.00. The fourth-order valence-corrected chi connectivity index (χ4v) is 3.25. The average molecular weight is 226 g/mol. The molecule has 0 aromatic heterocycles. The molecule has 2 heterocycles. The van der Waals surface area contributed by atoms with E-state index in [1.807, 2.05) is 0 Å². The number of nitrogens with zero attached hydrogens (tertiary/aromatic N) is 1. The quantitative estimate of drug-likeness (QED) is 0.731. The molecule has 0 radical (unpaired) electrons. The molecule has 4 heteroatoms. The zero-order chi connectivity index (χ0) is 10.8. The van der Waals surface area contributed by atoms with Crippen LogP contribution in [0.25, 0.3) is 0 Å². The lowest BCUT2D eigenvalue weighted by molar-refractivity contribution is -0.0633. The maximum absolute atomic E-state index is 5.83. The first-order valence-electron chi connectivity index (χ1n) is 6.60. The molecular weight excluding hydrogens is 204 g/mol. The lowest BCUT2D eigenvalue weighted by Gasteiger charge is -2.40. The van der Waals surface area contributed by atoms with Gasteiger partial charge < -0.3 is 14.8 Å². The molecule has 0 amide bonds. The summed E-state index contributed by atoms with van der Waals surface area (Å²) in [4.78, 5) is 2.62. The topological polar surface area (TPSA) is 33.7 Å². The van der Waals surface area contributed by atoms with Crippen LogP contribution in [0.2, 0.25) is 0 Å². The van der Waals surface area contributed by atoms with Crippen molar-refractivity contribution in [2.24, 2.45) is 0 Å². The van der Waals surface area contributed by atoms with Crippen molar-refractivity contribution in [3.05, 3.63) is 0 Å². The van der Waals surface area contributed by atoms with Gasteiger partial charge in [0.15, 0.2) is 0 Å². The molecule has 1 N–H and O–H groups in total. The van der Waals surface area contributed by atoms with E-state index in [4.69, 9.17) is 9.47 Å². The molecule has 1 saturated carbocycles. The van der Waals surface area contributed by atoms with E-state index in [0.29, 0.717) is 18.2 Å². The molecular formula is C12H22N2O2. The summed E-state index contributed by atoms with van der Waals surface area (Å²) in [6.45, 7) is 5.88. The molecule has 16 heavy (non-hydrogen) atoms. The van der Waals surface area contributed by atoms with E-state index in [0.717, 1.165) is 39.5 Å². The molecule has 3 unspecified atom stereocenters. The molecule has 4 nitrogen and oxygen atoms in total. The minimum atomic E-state index is 0.512. The Morgan fingerprint density at radius 1 is 1.25 bits per heavy atom. The van der Waals surface area contributed by atoms with Crippen molar-refractivity contribution in [3.8, 4) is 0 Å². The van der Waals surface area contributed by atoms with E-state index < -0.39 is 0 Å². The molecule has 0 aromatic carbocycles. The Hall–Kier alpha value is -0.160. The van der Waals surface area contributed by atoms with E-state index in [1.165, 1.54) is 19.3 Å². The predicted molar refractivity (Wildman–Crippen MR) is 61.6 cm³/mol. The molecule has 3 atom stereocenters. The number of ether oxygens (including phenoxy) is 2. The SMILES string of the molecule is C1CC2OCCN(CC3COCCN3)C2C1. The molecule has 92 valence electrons. The van der Waals surface area contributed by atoms with Gasteiger partial charge in [0.25, 0.3) is 0 Å². The smallest absolute Gasteiger partial charge is 0.0730 e. The third kappa shape index (κ3) is 2.25. The highest BCUT2D eigenvalue weighted by Gasteiger charge is 2.36. The summed E-state index contributed by atoms with van der Waals surface area (Å²) in [5, 5.41) is 3.54. The molecule has 3 rings (SSSR count). The van der Waals surface area contributed by atoms with Gasteiger partial charge in [-0.3, -0.25) is 4.90 Å². The highest BCUT2D eigenvalue weighted by molar-refractivity contribution is 4.91. The standard InChI is InChI=1S/C12H22N2O2/c1-2-11-12(3-1)16-7-5-14(11)8-10-9-15-6-4-13-10/h10-13H,1-9H2. The van der Waals surface area contributed by atoms with Crippen LogP contribution in [0.5, 0.6) is 0 Å². The van der Waals surface area contributed by atoms with Crippen molar-refractivity contribution < 1.29 is 9.47 Å². The Kier molecular flexibility index (Phi) is 3.43. The zero-order valence-electron chi connectivity index (χ0n) is 9.86. The van der Waals surface area contributed by atoms with Crippen molar-refractivity contribution in [2.75, 3.05) is 39.5 Å². The second kappa shape index (κ2) is 5.00. The van der Waals surface area contributed by atoms with Crippen molar-refractivity contribution >= 4 is 0 Å². The minimum absolute atomic E-state index is 0.512. The van der Waals surface area contributed by atoms with Crippen LogP contribution in [-0.2, 0) is 9.47 Å². The molecule has 1 aliphatic carbocycles. The van der Waals surface area contributed by atoms with Crippen LogP contribution in [0.4, 0.5) is 0 Å². The summed E-state index contributed by atoms with van der Waals surface area (Å²) in [5.41, 5.74) is 0. The summed E-state index contributed by atoms with van der Waals surface area (Å²) in [5.74, 6) is 0. The highest BCUT2D eigenvalue weighted by atomic mass is 16.5. The molecule has 0 spiro atoms. The second-order valence-corrected chi connectivity index (χ2v) is 5.13. The molecule has 3 fully saturated rings. The minimum Gasteiger partial charge on any atom is -0.378 e. The Bertz CT molecular complexity index is 231. The third-order valence-electron chi connectivity index (χ3n) is 4.05. The van der Waals surface area contributed by atoms with Gasteiger partial charge in [-0.05, 0) is 19.3 Å². The van der Waals surface area contributed by atoms with E-state index in [2.05, 4.69) is 10.2 Å². The monoisotopic (exact) mass is 226 g/mol. The fourth-order valence-electron chi connectivity index (χ4n) is 3.25. The second-order valence-electron chi connectivity index (χ2n) is 5.13. The number of hydrogen-bond donors (Lipinski definition) is 1. The normalized spacial score (nSPS) is 40.9. The highest BCUT2D eigenvalue weighted by Crippen LogP contribution is 2.29. The molecule has 0 aromatic rings. The lowest BCUT2D eigenvalue weighted by atomic mass is 10.1. The lowest BCUT2D eigenvalue weighted by Crippen LogP contribution is -2.55. The summed E-state index contributed by atoms with van der Waals surface area (Å²) in [6, 6.07) is 1.20. The Labute approximate surface area is 97.3 Å². The molecule has 3 aliphatic rings. The first-order chi connectivity index (χ1) is 7.93. The van der Waals surface area contributed by atoms with Crippen LogP contribution in [-0.4, -0.2) is 62.5 Å². The van der Waals surface area contributed by atoms with Crippen molar-refractivity contribution in [3.63, 3.8) is 0 Å². The number of nitrogens with one attached hydrogen (secondary N) is 1. The van der Waals surface area contributed by atoms with Crippen molar-refractivity contribution in [1.82, 2.24) is 10.2 Å². The maximum Gasteiger partial charge on any atom is 0.0730 e. The van der Waals surface area contributed by atoms with Gasteiger partial charge in [-0.25, -0.2) is 0 Å². The van der Waals surface area contributed by atoms with E-state index in [-0.39, 0.29) is 0 Å². The Morgan fingerprint density at radius 2 is 2.25 bits per heavy atom. The molecule has 0 bridgehead atoms. The summed E-state index contributed by atoms with van der Waals surface area (Å²) in [7, 11) is 0. The Balaban J connectivity index is 1.56. The van der Waals surface area contributed by atoms with Gasteiger partial charge in [0.1, 0.15) is 0 Å². The van der Waals surface area contributed by atoms with Gasteiger partial charge in [0.05, 0.1) is 25.9 Å². The number of fused-ring (bicyclic) bond motifs is 1. The van der Waals surface area contributed by atoms with Crippen LogP contribution in [0.1, 0.15) is 19.3 Å². The van der Waals surface area contributed by atoms with Gasteiger partial charge >= 0.3 is 0 Å². The third-order valence-corrected chi connectivity index (χ3v) is 4.05. The first-order valence-corrected chi connectivity index (χ1v) is 6.60. The van der Waals surface area contributed by atoms with Crippen LogP contribution in [0.3, 0.4) is 0 Å². The maximum atomic E-state index is 5.83. The average Bonchev–Trinajstić information content (AvgIpc) is 2.80. The predicted octanol–water partition coefficient (Wildman–Crippen LogP) is 0.228. The largest absolute Gasteiger partial charge is 0.378 e. The van der Waals surface area contributed by atoms with Gasteiger partial charge in [-0.15, -0.1) is 0 Å². The van der Waals surface area contributed by atoms with Gasteiger partial charge in [-0.1, -0.05) is 0 Å². The van der Waals surface area contributed by atoms with Gasteiger partial charge in [0.2, 0.25) is 0 Å². The van der Waals surface area contributed by atoms with Gasteiger partial charge in [0, 0.05) is 31.7 Å². The van der Waals surface area contributed by atoms with Crippen LogP contribution in [0, 0.1) is 0 Å². The van der Waals surface area contributed by atoms with Crippen molar-refractivity contribution in [2.45, 2.75) is 37.5 Å². The Morgan fingerprint density at radius 3 is 3.12 bits per heavy atom. The zero-order valence-corrected chi connectivity index (χ0v) is 9.86. The van der Waals surface area contributed by atoms with Crippen LogP contribution < -0.4 is 5.32 Å². The number of rotatable bonds is 2. The van der Waals surface area contributed by atoms with Crippen molar-refractivity contribution in [1.29, 1.82) is 0 Å². The first kappa shape index (κ1) is 11.0. The summed E-state index contributed by atoms with van der Waals surface area (Å²) >= 11 is 0. The number of morpholine rings is 2. The summed E-state index contributed by atoms with van der Waals surface area (Å²) < 4.78 is 11.3. The van der Waals surface area contributed by atoms with Crippen LogP contribution >= 0.6 is 0 Å². The van der Waals surface area contributed by atoms with Crippen LogP contribution in [0.15, 0.2) is 0 Å². The molecule has 2 aliphatic heterocycles. The van der Waals surface area contributed by atoms with E-state index in [9.17, 15) is 0 Å². The molecule has 2 saturated heterocycles. The number of hydrogen-bond acceptors (Lipinski definition) is 4. The summed E-state index contributed by atoms with van der Waals surface area (Å²) in [6.07, 6.45) is 4.42. The van der Waals surface area contributed by atoms with Gasteiger partial charge in [-0.2, -0.15) is 0 Å². The van der Waals surface area contributed by atoms with E-state index in [1.54, 1.807) is 0 Å².